The number of carbonyl (C=O) groups excluding carboxylic acids is 1. The Labute approximate surface area is 172 Å². The molecule has 158 valence electrons. The monoisotopic (exact) mass is 386 g/mol. The van der Waals surface area contributed by atoms with Crippen LogP contribution in [0, 0.1) is 22.7 Å². The van der Waals surface area contributed by atoms with Gasteiger partial charge in [0.1, 0.15) is 0 Å². The van der Waals surface area contributed by atoms with E-state index in [1.54, 1.807) is 0 Å². The molecule has 0 bridgehead atoms. The van der Waals surface area contributed by atoms with Gasteiger partial charge in [-0.05, 0) is 70.4 Å². The summed E-state index contributed by atoms with van der Waals surface area (Å²) < 4.78 is 0. The van der Waals surface area contributed by atoms with Crippen LogP contribution in [0.25, 0.3) is 0 Å². The van der Waals surface area contributed by atoms with E-state index in [4.69, 9.17) is 0 Å². The lowest BCUT2D eigenvalue weighted by atomic mass is 9.73. The molecule has 0 aromatic carbocycles. The van der Waals surface area contributed by atoms with E-state index < -0.39 is 0 Å². The van der Waals surface area contributed by atoms with E-state index in [0.29, 0.717) is 16.7 Å². The van der Waals surface area contributed by atoms with Crippen molar-refractivity contribution in [1.29, 1.82) is 0 Å². The number of carbonyl (C=O) groups is 1. The Balaban J connectivity index is 1.50. The number of fused-ring (bicyclic) bond motifs is 1. The highest BCUT2D eigenvalue weighted by atomic mass is 16.2. The summed E-state index contributed by atoms with van der Waals surface area (Å²) in [6.45, 7) is 2.04. The Morgan fingerprint density at radius 2 is 1.18 bits per heavy atom. The summed E-state index contributed by atoms with van der Waals surface area (Å²) in [6.07, 6.45) is 23.0. The predicted octanol–water partition coefficient (Wildman–Crippen LogP) is 5.34. The van der Waals surface area contributed by atoms with Crippen molar-refractivity contribution < 1.29 is 4.79 Å². The fourth-order valence-electron chi connectivity index (χ4n) is 8.97. The van der Waals surface area contributed by atoms with Crippen LogP contribution in [0.2, 0.25) is 0 Å². The molecule has 2 spiro atoms. The molecule has 0 atom stereocenters. The minimum absolute atomic E-state index is 0.156. The third kappa shape index (κ3) is 2.67. The van der Waals surface area contributed by atoms with Gasteiger partial charge in [0.25, 0.3) is 0 Å². The molecule has 5 rings (SSSR count). The molecule has 0 aromatic heterocycles. The second kappa shape index (κ2) is 7.60. The highest BCUT2D eigenvalue weighted by molar-refractivity contribution is 5.81. The molecule has 1 aliphatic heterocycles. The third-order valence-corrected chi connectivity index (χ3v) is 10.0. The summed E-state index contributed by atoms with van der Waals surface area (Å²) in [7, 11) is 0. The number of piperidine rings is 1. The average Bonchev–Trinajstić information content (AvgIpc) is 3.21. The van der Waals surface area contributed by atoms with Gasteiger partial charge in [0.15, 0.2) is 0 Å². The van der Waals surface area contributed by atoms with E-state index in [1.165, 1.54) is 96.3 Å². The van der Waals surface area contributed by atoms with Gasteiger partial charge in [-0.25, -0.2) is 0 Å². The van der Waals surface area contributed by atoms with E-state index in [-0.39, 0.29) is 11.5 Å². The molecule has 1 amide bonds. The Morgan fingerprint density at radius 1 is 0.679 bits per heavy atom. The van der Waals surface area contributed by atoms with Crippen molar-refractivity contribution in [2.45, 2.75) is 115 Å². The van der Waals surface area contributed by atoms with E-state index in [0.717, 1.165) is 31.8 Å². The first-order valence-electron chi connectivity index (χ1n) is 12.8. The van der Waals surface area contributed by atoms with Gasteiger partial charge >= 0.3 is 0 Å². The maximum atomic E-state index is 13.6. The zero-order valence-electron chi connectivity index (χ0n) is 18.0. The number of hydrogen-bond donors (Lipinski definition) is 2. The van der Waals surface area contributed by atoms with Gasteiger partial charge in [0, 0.05) is 16.7 Å². The van der Waals surface area contributed by atoms with Gasteiger partial charge in [-0.2, -0.15) is 0 Å². The zero-order chi connectivity index (χ0) is 19.1. The van der Waals surface area contributed by atoms with Gasteiger partial charge in [0.2, 0.25) is 5.91 Å². The molecule has 3 nitrogen and oxygen atoms in total. The first kappa shape index (κ1) is 19.4. The molecular formula is C25H42N2O. The molecule has 0 radical (unpaired) electrons. The minimum atomic E-state index is 0.156. The van der Waals surface area contributed by atoms with Crippen LogP contribution in [0.4, 0.5) is 0 Å². The number of hydrogen-bond acceptors (Lipinski definition) is 2. The van der Waals surface area contributed by atoms with Crippen LogP contribution in [0.1, 0.15) is 109 Å². The third-order valence-electron chi connectivity index (χ3n) is 10.0. The summed E-state index contributed by atoms with van der Waals surface area (Å²) >= 11 is 0. The quantitative estimate of drug-likeness (QED) is 0.688. The van der Waals surface area contributed by atoms with Crippen LogP contribution in [0.3, 0.4) is 0 Å². The van der Waals surface area contributed by atoms with E-state index in [9.17, 15) is 4.79 Å². The Morgan fingerprint density at radius 3 is 1.71 bits per heavy atom. The van der Waals surface area contributed by atoms with Gasteiger partial charge in [-0.1, -0.05) is 57.8 Å². The van der Waals surface area contributed by atoms with Crippen molar-refractivity contribution in [1.82, 2.24) is 10.6 Å². The first-order chi connectivity index (χ1) is 13.8. The highest BCUT2D eigenvalue weighted by Crippen LogP contribution is 2.84. The highest BCUT2D eigenvalue weighted by Gasteiger charge is 2.86. The molecule has 5 fully saturated rings. The number of amides is 1. The maximum Gasteiger partial charge on any atom is 0.223 e. The molecule has 0 aromatic rings. The van der Waals surface area contributed by atoms with Crippen LogP contribution in [-0.2, 0) is 4.79 Å². The normalized spacial score (nSPS) is 32.3. The Hall–Kier alpha value is -0.570. The molecule has 28 heavy (non-hydrogen) atoms. The van der Waals surface area contributed by atoms with Crippen LogP contribution >= 0.6 is 0 Å². The van der Waals surface area contributed by atoms with Gasteiger partial charge < -0.3 is 10.6 Å². The van der Waals surface area contributed by atoms with Crippen LogP contribution in [0.15, 0.2) is 0 Å². The summed E-state index contributed by atoms with van der Waals surface area (Å²) in [5.74, 6) is 1.44. The molecule has 5 aliphatic rings. The van der Waals surface area contributed by atoms with E-state index in [2.05, 4.69) is 10.6 Å². The smallest absolute Gasteiger partial charge is 0.223 e. The van der Waals surface area contributed by atoms with Crippen LogP contribution in [0.5, 0.6) is 0 Å². The summed E-state index contributed by atoms with van der Waals surface area (Å²) in [6, 6.07) is 0. The van der Waals surface area contributed by atoms with Gasteiger partial charge in [-0.3, -0.25) is 4.79 Å². The lowest BCUT2D eigenvalue weighted by Gasteiger charge is -2.40. The zero-order valence-corrected chi connectivity index (χ0v) is 18.0. The minimum Gasteiger partial charge on any atom is -0.349 e. The first-order valence-corrected chi connectivity index (χ1v) is 12.8. The maximum absolute atomic E-state index is 13.6. The van der Waals surface area contributed by atoms with Crippen molar-refractivity contribution in [2.75, 3.05) is 13.1 Å². The lowest BCUT2D eigenvalue weighted by Crippen LogP contribution is -2.53. The van der Waals surface area contributed by atoms with Crippen molar-refractivity contribution in [3.8, 4) is 0 Å². The summed E-state index contributed by atoms with van der Waals surface area (Å²) in [5, 5.41) is 7.41. The van der Waals surface area contributed by atoms with Crippen molar-refractivity contribution in [3.05, 3.63) is 0 Å². The molecule has 3 heteroatoms. The van der Waals surface area contributed by atoms with Crippen molar-refractivity contribution in [3.63, 3.8) is 0 Å². The van der Waals surface area contributed by atoms with E-state index >= 15 is 0 Å². The van der Waals surface area contributed by atoms with Gasteiger partial charge in [-0.15, -0.1) is 0 Å². The van der Waals surface area contributed by atoms with Crippen molar-refractivity contribution in [2.24, 2.45) is 22.7 Å². The molecule has 4 aliphatic carbocycles. The molecule has 4 saturated carbocycles. The van der Waals surface area contributed by atoms with E-state index in [1.807, 2.05) is 0 Å². The second-order valence-corrected chi connectivity index (χ2v) is 10.9. The average molecular weight is 387 g/mol. The molecular weight excluding hydrogens is 344 g/mol. The summed E-state index contributed by atoms with van der Waals surface area (Å²) in [5.41, 5.74) is 1.05. The van der Waals surface area contributed by atoms with Crippen LogP contribution < -0.4 is 10.6 Å². The topological polar surface area (TPSA) is 41.1 Å². The standard InChI is InChI=1S/C25H42N2O/c28-22(20-12-18-26-19-13-20)27-25(21-10-4-1-5-11-21)23(14-6-2-7-15-23)24(25)16-8-3-9-17-24/h20-21,26H,1-19H2,(H,27,28). The molecule has 1 heterocycles. The molecule has 2 N–H and O–H groups in total. The molecule has 0 unspecified atom stereocenters. The second-order valence-electron chi connectivity index (χ2n) is 10.9. The van der Waals surface area contributed by atoms with Crippen LogP contribution in [-0.4, -0.2) is 24.5 Å². The fraction of sp³-hybridized carbons (Fsp3) is 0.960. The summed E-state index contributed by atoms with van der Waals surface area (Å²) in [4.78, 5) is 13.6. The SMILES string of the molecule is O=C(NC1(C2CCCCC2)C2(CCCCC2)C12CCCCC2)C1CCNCC1. The molecule has 1 saturated heterocycles. The number of rotatable bonds is 3. The predicted molar refractivity (Wildman–Crippen MR) is 114 cm³/mol. The largest absolute Gasteiger partial charge is 0.349 e. The lowest BCUT2D eigenvalue weighted by molar-refractivity contribution is -0.128. The van der Waals surface area contributed by atoms with Gasteiger partial charge in [0.05, 0.1) is 5.54 Å². The Bertz CT molecular complexity index is 537. The number of nitrogens with one attached hydrogen (secondary N) is 2. The Kier molecular flexibility index (Phi) is 5.26. The fourth-order valence-corrected chi connectivity index (χ4v) is 8.97. The van der Waals surface area contributed by atoms with Crippen molar-refractivity contribution >= 4 is 5.91 Å².